The molecule has 1 heterocycles. The van der Waals surface area contributed by atoms with Gasteiger partial charge >= 0.3 is 0 Å². The van der Waals surface area contributed by atoms with Gasteiger partial charge in [0, 0.05) is 11.1 Å². The van der Waals surface area contributed by atoms with E-state index in [0.29, 0.717) is 21.6 Å². The van der Waals surface area contributed by atoms with Gasteiger partial charge in [0.25, 0.3) is 0 Å². The number of aryl methyl sites for hydroxylation is 1. The lowest BCUT2D eigenvalue weighted by atomic mass is 10.3. The Kier molecular flexibility index (Phi) is 4.15. The summed E-state index contributed by atoms with van der Waals surface area (Å²) in [5.41, 5.74) is 0.770. The summed E-state index contributed by atoms with van der Waals surface area (Å²) in [6.45, 7) is 2.64. The first-order valence-electron chi connectivity index (χ1n) is 4.86. The molecular formula is C11H9Cl3N2S. The van der Waals surface area contributed by atoms with Gasteiger partial charge in [0.05, 0.1) is 32.3 Å². The predicted octanol–water partition coefficient (Wildman–Crippen LogP) is 5.02. The molecule has 90 valence electrons. The lowest BCUT2D eigenvalue weighted by Crippen LogP contribution is -1.98. The summed E-state index contributed by atoms with van der Waals surface area (Å²) in [5.74, 6) is 0. The molecule has 0 saturated carbocycles. The van der Waals surface area contributed by atoms with Crippen molar-refractivity contribution in [2.45, 2.75) is 13.5 Å². The smallest absolute Gasteiger partial charge is 0.0897 e. The first-order valence-corrected chi connectivity index (χ1v) is 6.81. The molecule has 0 amide bonds. The molecule has 17 heavy (non-hydrogen) atoms. The van der Waals surface area contributed by atoms with E-state index in [1.54, 1.807) is 23.5 Å². The third-order valence-corrected chi connectivity index (χ3v) is 4.08. The molecule has 1 aromatic carbocycles. The van der Waals surface area contributed by atoms with Crippen molar-refractivity contribution in [2.24, 2.45) is 0 Å². The summed E-state index contributed by atoms with van der Waals surface area (Å²) in [5, 5.41) is 5.75. The van der Waals surface area contributed by atoms with Crippen LogP contribution in [0.5, 0.6) is 0 Å². The normalized spacial score (nSPS) is 10.6. The Labute approximate surface area is 119 Å². The monoisotopic (exact) mass is 306 g/mol. The number of benzene rings is 1. The van der Waals surface area contributed by atoms with Crippen molar-refractivity contribution in [1.82, 2.24) is 4.98 Å². The molecule has 2 aromatic rings. The van der Waals surface area contributed by atoms with Crippen LogP contribution in [0.4, 0.5) is 5.69 Å². The molecular weight excluding hydrogens is 299 g/mol. The van der Waals surface area contributed by atoms with Crippen LogP contribution in [0, 0.1) is 6.92 Å². The lowest BCUT2D eigenvalue weighted by molar-refractivity contribution is 1.17. The van der Waals surface area contributed by atoms with Gasteiger partial charge in [-0.15, -0.1) is 11.3 Å². The van der Waals surface area contributed by atoms with Gasteiger partial charge < -0.3 is 5.32 Å². The highest BCUT2D eigenvalue weighted by Gasteiger charge is 2.06. The van der Waals surface area contributed by atoms with Crippen molar-refractivity contribution >= 4 is 51.8 Å². The van der Waals surface area contributed by atoms with Gasteiger partial charge in [-0.3, -0.25) is 0 Å². The van der Waals surface area contributed by atoms with E-state index in [1.165, 1.54) is 0 Å². The fourth-order valence-corrected chi connectivity index (χ4v) is 2.68. The lowest BCUT2D eigenvalue weighted by Gasteiger charge is -2.08. The molecule has 0 aliphatic carbocycles. The highest BCUT2D eigenvalue weighted by Crippen LogP contribution is 2.32. The number of nitrogens with zero attached hydrogens (tertiary/aromatic N) is 1. The molecule has 1 N–H and O–H groups in total. The fourth-order valence-electron chi connectivity index (χ4n) is 1.33. The van der Waals surface area contributed by atoms with Crippen molar-refractivity contribution < 1.29 is 0 Å². The van der Waals surface area contributed by atoms with E-state index in [9.17, 15) is 0 Å². The second-order valence-electron chi connectivity index (χ2n) is 3.45. The molecule has 2 rings (SSSR count). The van der Waals surface area contributed by atoms with Gasteiger partial charge in [-0.25, -0.2) is 4.98 Å². The van der Waals surface area contributed by atoms with E-state index < -0.39 is 0 Å². The average Bonchev–Trinajstić information content (AvgIpc) is 2.68. The van der Waals surface area contributed by atoms with Crippen molar-refractivity contribution in [3.63, 3.8) is 0 Å². The highest BCUT2D eigenvalue weighted by atomic mass is 35.5. The minimum absolute atomic E-state index is 0.454. The zero-order valence-corrected chi connectivity index (χ0v) is 12.0. The maximum absolute atomic E-state index is 6.06. The molecule has 0 fully saturated rings. The third kappa shape index (κ3) is 3.26. The van der Waals surface area contributed by atoms with Crippen LogP contribution in [0.3, 0.4) is 0 Å². The summed E-state index contributed by atoms with van der Waals surface area (Å²) >= 11 is 19.5. The van der Waals surface area contributed by atoms with Crippen LogP contribution in [0.25, 0.3) is 0 Å². The standard InChI is InChI=1S/C11H9Cl3N2S/c1-6-15-4-7(17-6)5-16-11-3-9(13)8(12)2-10(11)14/h2-4,16H,5H2,1H3. The second-order valence-corrected chi connectivity index (χ2v) is 5.99. The Morgan fingerprint density at radius 2 is 1.88 bits per heavy atom. The molecule has 0 aliphatic rings. The third-order valence-electron chi connectivity index (χ3n) is 2.13. The Morgan fingerprint density at radius 1 is 1.18 bits per heavy atom. The molecule has 0 radical (unpaired) electrons. The number of anilines is 1. The van der Waals surface area contributed by atoms with Crippen molar-refractivity contribution in [2.75, 3.05) is 5.32 Å². The molecule has 0 bridgehead atoms. The second kappa shape index (κ2) is 5.44. The number of halogens is 3. The van der Waals surface area contributed by atoms with E-state index in [-0.39, 0.29) is 0 Å². The molecule has 0 aliphatic heterocycles. The van der Waals surface area contributed by atoms with Crippen LogP contribution in [0.1, 0.15) is 9.88 Å². The van der Waals surface area contributed by atoms with Gasteiger partial charge in [-0.1, -0.05) is 34.8 Å². The molecule has 0 atom stereocenters. The highest BCUT2D eigenvalue weighted by molar-refractivity contribution is 7.11. The topological polar surface area (TPSA) is 24.9 Å². The van der Waals surface area contributed by atoms with Crippen LogP contribution < -0.4 is 5.32 Å². The van der Waals surface area contributed by atoms with Crippen LogP contribution in [0.15, 0.2) is 18.3 Å². The summed E-state index contributed by atoms with van der Waals surface area (Å²) in [7, 11) is 0. The fraction of sp³-hybridized carbons (Fsp3) is 0.182. The Hall–Kier alpha value is -0.480. The van der Waals surface area contributed by atoms with E-state index in [4.69, 9.17) is 34.8 Å². The first-order chi connectivity index (χ1) is 8.06. The quantitative estimate of drug-likeness (QED) is 0.805. The molecule has 0 unspecified atom stereocenters. The number of nitrogens with one attached hydrogen (secondary N) is 1. The Balaban J connectivity index is 2.11. The first kappa shape index (κ1) is 13.0. The van der Waals surface area contributed by atoms with Crippen LogP contribution >= 0.6 is 46.1 Å². The minimum Gasteiger partial charge on any atom is -0.379 e. The SMILES string of the molecule is Cc1ncc(CNc2cc(Cl)c(Cl)cc2Cl)s1. The largest absolute Gasteiger partial charge is 0.379 e. The Bertz CT molecular complexity index is 540. The van der Waals surface area contributed by atoms with E-state index in [2.05, 4.69) is 10.3 Å². The maximum atomic E-state index is 6.06. The predicted molar refractivity (Wildman–Crippen MR) is 75.6 cm³/mol. The van der Waals surface area contributed by atoms with Gasteiger partial charge in [0.1, 0.15) is 0 Å². The number of hydrogen-bond acceptors (Lipinski definition) is 3. The van der Waals surface area contributed by atoms with Gasteiger partial charge in [-0.2, -0.15) is 0 Å². The number of aromatic nitrogens is 1. The Morgan fingerprint density at radius 3 is 2.53 bits per heavy atom. The molecule has 0 spiro atoms. The van der Waals surface area contributed by atoms with Gasteiger partial charge in [0.15, 0.2) is 0 Å². The zero-order valence-electron chi connectivity index (χ0n) is 8.93. The van der Waals surface area contributed by atoms with Crippen molar-refractivity contribution in [1.29, 1.82) is 0 Å². The average molecular weight is 308 g/mol. The zero-order chi connectivity index (χ0) is 12.4. The van der Waals surface area contributed by atoms with Crippen LogP contribution in [0.2, 0.25) is 15.1 Å². The summed E-state index contributed by atoms with van der Waals surface area (Å²) in [6, 6.07) is 3.35. The van der Waals surface area contributed by atoms with Crippen molar-refractivity contribution in [3.05, 3.63) is 43.3 Å². The van der Waals surface area contributed by atoms with E-state index in [1.807, 2.05) is 13.1 Å². The minimum atomic E-state index is 0.454. The maximum Gasteiger partial charge on any atom is 0.0897 e. The number of rotatable bonds is 3. The van der Waals surface area contributed by atoms with Crippen LogP contribution in [-0.2, 0) is 6.54 Å². The summed E-state index contributed by atoms with van der Waals surface area (Å²) in [4.78, 5) is 5.32. The number of thiazole rings is 1. The molecule has 2 nitrogen and oxygen atoms in total. The molecule has 6 heteroatoms. The van der Waals surface area contributed by atoms with Gasteiger partial charge in [0.2, 0.25) is 0 Å². The summed E-state index contributed by atoms with van der Waals surface area (Å²) in [6.07, 6.45) is 1.85. The summed E-state index contributed by atoms with van der Waals surface area (Å²) < 4.78 is 0. The van der Waals surface area contributed by atoms with E-state index >= 15 is 0 Å². The molecule has 1 aromatic heterocycles. The van der Waals surface area contributed by atoms with Crippen molar-refractivity contribution in [3.8, 4) is 0 Å². The number of hydrogen-bond donors (Lipinski definition) is 1. The van der Waals surface area contributed by atoms with E-state index in [0.717, 1.165) is 15.6 Å². The molecule has 0 saturated heterocycles. The van der Waals surface area contributed by atoms with Crippen LogP contribution in [-0.4, -0.2) is 4.98 Å². The van der Waals surface area contributed by atoms with Gasteiger partial charge in [-0.05, 0) is 19.1 Å².